The van der Waals surface area contributed by atoms with Gasteiger partial charge in [0.2, 0.25) is 0 Å². The van der Waals surface area contributed by atoms with Gasteiger partial charge < -0.3 is 29.5 Å². The van der Waals surface area contributed by atoms with E-state index in [-0.39, 0.29) is 18.9 Å². The third-order valence-electron chi connectivity index (χ3n) is 2.04. The van der Waals surface area contributed by atoms with Crippen LogP contribution in [-0.2, 0) is 0 Å². The van der Waals surface area contributed by atoms with Crippen molar-refractivity contribution in [2.45, 2.75) is 13.3 Å². The van der Waals surface area contributed by atoms with Crippen LogP contribution in [0.5, 0.6) is 0 Å². The Morgan fingerprint density at radius 3 is 2.75 bits per heavy atom. The third-order valence-corrected chi connectivity index (χ3v) is 2.04. The predicted octanol–water partition coefficient (Wildman–Crippen LogP) is -1.73. The van der Waals surface area contributed by atoms with Crippen molar-refractivity contribution >= 4 is 5.84 Å². The normalized spacial score (nSPS) is 16.6. The van der Waals surface area contributed by atoms with Crippen molar-refractivity contribution in [2.75, 3.05) is 19.6 Å². The molecule has 0 aliphatic carbocycles. The fourth-order valence-corrected chi connectivity index (χ4v) is 1.32. The topological polar surface area (TPSA) is 36.4 Å². The quantitative estimate of drug-likeness (QED) is 0.421. The van der Waals surface area contributed by atoms with E-state index in [1.807, 2.05) is 13.1 Å². The zero-order valence-electron chi connectivity index (χ0n) is 10.3. The minimum atomic E-state index is 0. The van der Waals surface area contributed by atoms with Crippen molar-refractivity contribution in [2.24, 2.45) is 4.99 Å². The first-order chi connectivity index (χ1) is 7.27. The van der Waals surface area contributed by atoms with E-state index in [9.17, 15) is 0 Å². The summed E-state index contributed by atoms with van der Waals surface area (Å²) >= 11 is 0. The first-order valence-electron chi connectivity index (χ1n) is 5.18. The number of nitrogens with one attached hydrogen (secondary N) is 2. The molecular weight excluding hydrogens is 193 g/mol. The monoisotopic (exact) mass is 211 g/mol. The summed E-state index contributed by atoms with van der Waals surface area (Å²) in [4.78, 5) is 4.25. The molecule has 0 amide bonds. The van der Waals surface area contributed by atoms with Crippen molar-refractivity contribution in [3.05, 3.63) is 37.3 Å². The summed E-state index contributed by atoms with van der Waals surface area (Å²) in [6, 6.07) is 0. The van der Waals surface area contributed by atoms with Gasteiger partial charge in [-0.05, 0) is 6.42 Å². The summed E-state index contributed by atoms with van der Waals surface area (Å²) in [5.41, 5.74) is 2.40. The molecular formula is C12H18LiN3-2. The number of amidine groups is 1. The van der Waals surface area contributed by atoms with E-state index in [0.29, 0.717) is 0 Å². The molecule has 0 radical (unpaired) electrons. The predicted molar refractivity (Wildman–Crippen MR) is 64.2 cm³/mol. The molecule has 0 saturated carbocycles. The van der Waals surface area contributed by atoms with E-state index in [1.54, 1.807) is 0 Å². The van der Waals surface area contributed by atoms with Crippen LogP contribution in [0.25, 0.3) is 0 Å². The zero-order valence-corrected chi connectivity index (χ0v) is 10.3. The molecule has 0 saturated heterocycles. The van der Waals surface area contributed by atoms with Gasteiger partial charge in [-0.2, -0.15) is 6.08 Å². The van der Waals surface area contributed by atoms with Gasteiger partial charge in [0.15, 0.2) is 0 Å². The molecule has 0 aromatic heterocycles. The Balaban J connectivity index is 0.000000330. The second-order valence-electron chi connectivity index (χ2n) is 3.31. The van der Waals surface area contributed by atoms with Crippen molar-refractivity contribution in [1.29, 1.82) is 0 Å². The minimum Gasteiger partial charge on any atom is -0.451 e. The van der Waals surface area contributed by atoms with E-state index in [0.717, 1.165) is 37.5 Å². The maximum absolute atomic E-state index is 4.25. The molecule has 2 N–H and O–H groups in total. The number of nitrogens with zero attached hydrogens (tertiary/aromatic N) is 1. The molecule has 2 aliphatic heterocycles. The van der Waals surface area contributed by atoms with Gasteiger partial charge >= 0.3 is 18.9 Å². The van der Waals surface area contributed by atoms with Crippen LogP contribution >= 0.6 is 0 Å². The van der Waals surface area contributed by atoms with Crippen LogP contribution in [0.2, 0.25) is 0 Å². The van der Waals surface area contributed by atoms with E-state index in [2.05, 4.69) is 35.5 Å². The molecule has 0 aromatic carbocycles. The average molecular weight is 211 g/mol. The average Bonchev–Trinajstić information content (AvgIpc) is 2.67. The van der Waals surface area contributed by atoms with Crippen LogP contribution in [0.15, 0.2) is 22.3 Å². The summed E-state index contributed by atoms with van der Waals surface area (Å²) in [7, 11) is 0. The van der Waals surface area contributed by atoms with Crippen LogP contribution in [0, 0.1) is 19.9 Å². The Morgan fingerprint density at radius 1 is 1.50 bits per heavy atom. The van der Waals surface area contributed by atoms with Crippen molar-refractivity contribution in [1.82, 2.24) is 10.6 Å². The fourth-order valence-electron chi connectivity index (χ4n) is 1.32. The van der Waals surface area contributed by atoms with Gasteiger partial charge in [-0.3, -0.25) is 0 Å². The molecule has 16 heavy (non-hydrogen) atoms. The first kappa shape index (κ1) is 15.5. The molecule has 0 fully saturated rings. The van der Waals surface area contributed by atoms with Gasteiger partial charge in [0.1, 0.15) is 0 Å². The Kier molecular flexibility index (Phi) is 8.37. The van der Waals surface area contributed by atoms with Crippen LogP contribution in [0.3, 0.4) is 0 Å². The molecule has 0 aromatic rings. The Bertz CT molecular complexity index is 291. The van der Waals surface area contributed by atoms with Gasteiger partial charge in [0.25, 0.3) is 0 Å². The minimum absolute atomic E-state index is 0. The maximum atomic E-state index is 4.25. The Morgan fingerprint density at radius 2 is 2.19 bits per heavy atom. The number of hydrogen-bond acceptors (Lipinski definition) is 3. The van der Waals surface area contributed by atoms with Crippen LogP contribution < -0.4 is 29.5 Å². The second kappa shape index (κ2) is 8.64. The summed E-state index contributed by atoms with van der Waals surface area (Å²) < 4.78 is 0. The molecule has 2 heterocycles. The fraction of sp³-hybridized carbons (Fsp3) is 0.417. The second-order valence-corrected chi connectivity index (χ2v) is 3.31. The molecule has 2 rings (SSSR count). The van der Waals surface area contributed by atoms with Gasteiger partial charge in [-0.15, -0.1) is 30.4 Å². The van der Waals surface area contributed by atoms with Crippen LogP contribution in [-0.4, -0.2) is 25.5 Å². The molecule has 84 valence electrons. The number of dihydropyridines is 1. The van der Waals surface area contributed by atoms with E-state index >= 15 is 0 Å². The smallest absolute Gasteiger partial charge is 0.451 e. The standard InChI is InChI=1S/C8H9N2.C4H9N.Li/c1-6-4-7-2-3-9-8(7)10-5-6;1-3-5-4-2;/h5H,2-3H2,1H3,(H,9,10);5H,1-4H2;/q-1;-2;+1. The molecule has 0 spiro atoms. The number of fused-ring (bicyclic) bond motifs is 1. The largest absolute Gasteiger partial charge is 1.00 e. The van der Waals surface area contributed by atoms with Crippen molar-refractivity contribution < 1.29 is 18.9 Å². The van der Waals surface area contributed by atoms with Gasteiger partial charge in [-0.25, -0.2) is 0 Å². The summed E-state index contributed by atoms with van der Waals surface area (Å²) in [5, 5.41) is 6.01. The van der Waals surface area contributed by atoms with Gasteiger partial charge in [0.05, 0.1) is 0 Å². The first-order valence-corrected chi connectivity index (χ1v) is 5.18. The summed E-state index contributed by atoms with van der Waals surface area (Å²) in [6.45, 7) is 11.6. The molecule has 2 aliphatic rings. The van der Waals surface area contributed by atoms with Gasteiger partial charge in [0, 0.05) is 12.4 Å². The Hall–Kier alpha value is -0.493. The molecule has 3 nitrogen and oxygen atoms in total. The number of rotatable bonds is 2. The zero-order chi connectivity index (χ0) is 11.1. The number of allylic oxidation sites excluding steroid dienone is 2. The van der Waals surface area contributed by atoms with E-state index < -0.39 is 0 Å². The summed E-state index contributed by atoms with van der Waals surface area (Å²) in [5.74, 6) is 1.02. The van der Waals surface area contributed by atoms with E-state index in [1.165, 1.54) is 5.57 Å². The Labute approximate surface area is 111 Å². The number of aliphatic imine (C=N–C) groups is 1. The molecule has 0 atom stereocenters. The maximum Gasteiger partial charge on any atom is 1.00 e. The number of hydrogen-bond donors (Lipinski definition) is 2. The van der Waals surface area contributed by atoms with E-state index in [4.69, 9.17) is 0 Å². The van der Waals surface area contributed by atoms with Crippen molar-refractivity contribution in [3.8, 4) is 0 Å². The molecule has 4 heteroatoms. The van der Waals surface area contributed by atoms with Gasteiger partial charge in [-0.1, -0.05) is 6.92 Å². The SMILES string of the molecule is CC1=CNC2=NCCC2=[C-]1.[CH2-]CNC[CH2-].[Li+]. The molecule has 0 bridgehead atoms. The summed E-state index contributed by atoms with van der Waals surface area (Å²) in [6.07, 6.45) is 6.25. The van der Waals surface area contributed by atoms with Crippen molar-refractivity contribution in [3.63, 3.8) is 0 Å². The molecule has 0 unspecified atom stereocenters. The van der Waals surface area contributed by atoms with Crippen LogP contribution in [0.1, 0.15) is 13.3 Å². The van der Waals surface area contributed by atoms with Crippen LogP contribution in [0.4, 0.5) is 0 Å². The third kappa shape index (κ3) is 5.02.